The topological polar surface area (TPSA) is 117 Å². The summed E-state index contributed by atoms with van der Waals surface area (Å²) in [5, 5.41) is 0. The third kappa shape index (κ3) is 40.0. The number of hydrogen-bond donors (Lipinski definition) is 2. The first kappa shape index (κ1) is 50.0. The molecule has 302 valence electrons. The highest BCUT2D eigenvalue weighted by molar-refractivity contribution is 7.47. The number of phosphoric acid groups is 1. The number of phosphoric ester groups is 1. The molecule has 9 heteroatoms. The molecule has 0 bridgehead atoms. The molecule has 0 aromatic heterocycles. The van der Waals surface area contributed by atoms with Crippen LogP contribution in [0.1, 0.15) is 200 Å². The van der Waals surface area contributed by atoms with Crippen LogP contribution in [0, 0.1) is 0 Å². The smallest absolute Gasteiger partial charge is 0.457 e. The largest absolute Gasteiger partial charge is 0.472 e. The van der Waals surface area contributed by atoms with E-state index in [2.05, 4.69) is 38.2 Å². The number of carbonyl (C=O) groups excluding carboxylic acids is 1. The zero-order valence-electron chi connectivity index (χ0n) is 33.3. The first-order valence-electron chi connectivity index (χ1n) is 21.3. The van der Waals surface area contributed by atoms with Crippen LogP contribution >= 0.6 is 7.82 Å². The summed E-state index contributed by atoms with van der Waals surface area (Å²) >= 11 is 0. The molecule has 0 amide bonds. The van der Waals surface area contributed by atoms with Crippen LogP contribution in [0.5, 0.6) is 0 Å². The van der Waals surface area contributed by atoms with Gasteiger partial charge in [0.15, 0.2) is 0 Å². The van der Waals surface area contributed by atoms with E-state index in [0.717, 1.165) is 44.9 Å². The Labute approximate surface area is 315 Å². The quantitative estimate of drug-likeness (QED) is 0.0275. The molecule has 51 heavy (non-hydrogen) atoms. The average Bonchev–Trinajstić information content (AvgIpc) is 3.12. The number of carbonyl (C=O) groups is 1. The van der Waals surface area contributed by atoms with Crippen molar-refractivity contribution in [3.63, 3.8) is 0 Å². The molecule has 2 unspecified atom stereocenters. The monoisotopic (exact) mass is 744 g/mol. The number of hydrogen-bond acceptors (Lipinski definition) is 7. The molecule has 0 aromatic rings. The van der Waals surface area contributed by atoms with Gasteiger partial charge in [0.1, 0.15) is 6.10 Å². The Hall–Kier alpha value is -1.02. The molecular weight excluding hydrogens is 661 g/mol. The lowest BCUT2D eigenvalue weighted by Crippen LogP contribution is -2.28. The summed E-state index contributed by atoms with van der Waals surface area (Å²) in [6.07, 6.45) is 43.4. The van der Waals surface area contributed by atoms with Crippen LogP contribution in [0.25, 0.3) is 0 Å². The number of ether oxygens (including phenoxy) is 2. The molecule has 0 saturated heterocycles. The first-order chi connectivity index (χ1) is 24.9. The fourth-order valence-corrected chi connectivity index (χ4v) is 6.69. The zero-order chi connectivity index (χ0) is 37.4. The Morgan fingerprint density at radius 2 is 0.980 bits per heavy atom. The van der Waals surface area contributed by atoms with E-state index in [9.17, 15) is 14.3 Å². The summed E-state index contributed by atoms with van der Waals surface area (Å²) in [7, 11) is -4.27. The van der Waals surface area contributed by atoms with E-state index in [1.54, 1.807) is 0 Å². The van der Waals surface area contributed by atoms with Crippen molar-refractivity contribution in [3.8, 4) is 0 Å². The number of esters is 1. The van der Waals surface area contributed by atoms with Gasteiger partial charge < -0.3 is 20.1 Å². The Balaban J connectivity index is 4.01. The van der Waals surface area contributed by atoms with Gasteiger partial charge in [0.2, 0.25) is 0 Å². The van der Waals surface area contributed by atoms with Gasteiger partial charge in [-0.2, -0.15) is 0 Å². The van der Waals surface area contributed by atoms with E-state index in [1.165, 1.54) is 135 Å². The highest BCUT2D eigenvalue weighted by atomic mass is 31.2. The Bertz CT molecular complexity index is 838. The van der Waals surface area contributed by atoms with Crippen LogP contribution < -0.4 is 5.73 Å². The molecule has 0 heterocycles. The van der Waals surface area contributed by atoms with Crippen molar-refractivity contribution in [1.82, 2.24) is 0 Å². The summed E-state index contributed by atoms with van der Waals surface area (Å²) in [5.41, 5.74) is 5.36. The van der Waals surface area contributed by atoms with Crippen LogP contribution in [0.2, 0.25) is 0 Å². The van der Waals surface area contributed by atoms with Crippen molar-refractivity contribution in [2.24, 2.45) is 5.73 Å². The SMILES string of the molecule is CCCCCC/C=C\CCCCCCCC(=O)OC(COCCCCCCCCCC/C=C\CCCCCCCCC)COP(=O)(O)OCCN. The van der Waals surface area contributed by atoms with E-state index in [4.69, 9.17) is 24.3 Å². The van der Waals surface area contributed by atoms with Crippen LogP contribution in [0.15, 0.2) is 24.3 Å². The van der Waals surface area contributed by atoms with Crippen molar-refractivity contribution in [1.29, 1.82) is 0 Å². The Kier molecular flexibility index (Phi) is 39.4. The first-order valence-corrected chi connectivity index (χ1v) is 22.8. The molecule has 0 aromatic carbocycles. The van der Waals surface area contributed by atoms with E-state index in [-0.39, 0.29) is 32.3 Å². The van der Waals surface area contributed by atoms with Crippen LogP contribution in [0.4, 0.5) is 0 Å². The average molecular weight is 744 g/mol. The second-order valence-electron chi connectivity index (χ2n) is 14.2. The Morgan fingerprint density at radius 3 is 1.45 bits per heavy atom. The van der Waals surface area contributed by atoms with E-state index in [1.807, 2.05) is 0 Å². The zero-order valence-corrected chi connectivity index (χ0v) is 34.2. The molecule has 0 radical (unpaired) electrons. The molecular formula is C42H82NO7P. The molecule has 0 aliphatic heterocycles. The normalized spacial score (nSPS) is 13.7. The van der Waals surface area contributed by atoms with Gasteiger partial charge in [0.05, 0.1) is 19.8 Å². The summed E-state index contributed by atoms with van der Waals surface area (Å²) in [5.74, 6) is -0.339. The summed E-state index contributed by atoms with van der Waals surface area (Å²) < 4.78 is 33.4. The Morgan fingerprint density at radius 1 is 0.569 bits per heavy atom. The molecule has 0 spiro atoms. The lowest BCUT2D eigenvalue weighted by atomic mass is 10.1. The molecule has 0 rings (SSSR count). The highest BCUT2D eigenvalue weighted by Crippen LogP contribution is 2.43. The van der Waals surface area contributed by atoms with Gasteiger partial charge in [-0.05, 0) is 64.2 Å². The lowest BCUT2D eigenvalue weighted by molar-refractivity contribution is -0.154. The molecule has 0 aliphatic carbocycles. The van der Waals surface area contributed by atoms with Gasteiger partial charge >= 0.3 is 13.8 Å². The van der Waals surface area contributed by atoms with Crippen molar-refractivity contribution in [2.45, 2.75) is 206 Å². The predicted octanol–water partition coefficient (Wildman–Crippen LogP) is 12.5. The maximum Gasteiger partial charge on any atom is 0.472 e. The van der Waals surface area contributed by atoms with Gasteiger partial charge in [-0.25, -0.2) is 4.57 Å². The molecule has 0 saturated carbocycles. The molecule has 3 N–H and O–H groups in total. The number of nitrogens with two attached hydrogens (primary N) is 1. The minimum absolute atomic E-state index is 0.0964. The van der Waals surface area contributed by atoms with Crippen LogP contribution in [-0.4, -0.2) is 49.9 Å². The summed E-state index contributed by atoms with van der Waals surface area (Å²) in [6.45, 7) is 4.90. The standard InChI is InChI=1S/C42H82NO7P/c1-3-5-7-9-11-13-15-17-18-19-20-21-22-24-26-28-30-32-34-37-47-39-41(40-49-51(45,46)48-38-36-43)50-42(44)35-33-31-29-27-25-23-16-14-12-10-8-6-4-2/h14,16,18-19,41H,3-13,15,17,20-40,43H2,1-2H3,(H,45,46)/b16-14-,19-18-. The number of rotatable bonds is 41. The van der Waals surface area contributed by atoms with Crippen molar-refractivity contribution in [2.75, 3.05) is 33.0 Å². The summed E-state index contributed by atoms with van der Waals surface area (Å²) in [4.78, 5) is 22.4. The van der Waals surface area contributed by atoms with Crippen molar-refractivity contribution in [3.05, 3.63) is 24.3 Å². The molecule has 2 atom stereocenters. The lowest BCUT2D eigenvalue weighted by Gasteiger charge is -2.20. The van der Waals surface area contributed by atoms with E-state index >= 15 is 0 Å². The highest BCUT2D eigenvalue weighted by Gasteiger charge is 2.25. The van der Waals surface area contributed by atoms with Gasteiger partial charge in [-0.1, -0.05) is 154 Å². The van der Waals surface area contributed by atoms with Gasteiger partial charge in [0.25, 0.3) is 0 Å². The van der Waals surface area contributed by atoms with Gasteiger partial charge in [-0.3, -0.25) is 13.8 Å². The fraction of sp³-hybridized carbons (Fsp3) is 0.881. The fourth-order valence-electron chi connectivity index (χ4n) is 5.93. The second kappa shape index (κ2) is 40.2. The van der Waals surface area contributed by atoms with Crippen molar-refractivity contribution < 1.29 is 32.8 Å². The maximum absolute atomic E-state index is 12.5. The van der Waals surface area contributed by atoms with Gasteiger partial charge in [-0.15, -0.1) is 0 Å². The number of allylic oxidation sites excluding steroid dienone is 4. The molecule has 0 fully saturated rings. The molecule has 0 aliphatic rings. The summed E-state index contributed by atoms with van der Waals surface area (Å²) in [6, 6.07) is 0. The minimum Gasteiger partial charge on any atom is -0.457 e. The second-order valence-corrected chi connectivity index (χ2v) is 15.7. The third-order valence-electron chi connectivity index (χ3n) is 9.09. The van der Waals surface area contributed by atoms with E-state index in [0.29, 0.717) is 13.0 Å². The number of unbranched alkanes of at least 4 members (excludes halogenated alkanes) is 24. The van der Waals surface area contributed by atoms with Crippen LogP contribution in [-0.2, 0) is 27.9 Å². The molecule has 8 nitrogen and oxygen atoms in total. The van der Waals surface area contributed by atoms with Crippen LogP contribution in [0.3, 0.4) is 0 Å². The van der Waals surface area contributed by atoms with Crippen molar-refractivity contribution >= 4 is 13.8 Å². The maximum atomic E-state index is 12.5. The van der Waals surface area contributed by atoms with E-state index < -0.39 is 13.9 Å². The third-order valence-corrected chi connectivity index (χ3v) is 10.1. The van der Waals surface area contributed by atoms with Gasteiger partial charge in [0, 0.05) is 19.6 Å². The predicted molar refractivity (Wildman–Crippen MR) is 215 cm³/mol. The minimum atomic E-state index is -4.27.